The van der Waals surface area contributed by atoms with Crippen LogP contribution in [-0.2, 0) is 9.59 Å². The third kappa shape index (κ3) is 5.22. The monoisotopic (exact) mass is 298 g/mol. The molecule has 21 heavy (non-hydrogen) atoms. The van der Waals surface area contributed by atoms with Crippen LogP contribution in [0.3, 0.4) is 0 Å². The lowest BCUT2D eigenvalue weighted by Gasteiger charge is -2.27. The standard InChI is InChI=1S/C13H22N4O4/c18-11(17-5-3-14-4-6-17)8-15-13(21)16-10(7-12(19)20)9-1-2-9/h9-10,14H,1-8H2,(H,19,20)(H2,15,16,21). The summed E-state index contributed by atoms with van der Waals surface area (Å²) in [4.78, 5) is 36.1. The van der Waals surface area contributed by atoms with Gasteiger partial charge in [-0.1, -0.05) is 0 Å². The summed E-state index contributed by atoms with van der Waals surface area (Å²) in [7, 11) is 0. The van der Waals surface area contributed by atoms with Crippen LogP contribution in [0.1, 0.15) is 19.3 Å². The second kappa shape index (κ2) is 7.26. The Morgan fingerprint density at radius 2 is 1.90 bits per heavy atom. The van der Waals surface area contributed by atoms with Gasteiger partial charge in [0.2, 0.25) is 5.91 Å². The number of carboxylic acids is 1. The van der Waals surface area contributed by atoms with Gasteiger partial charge in [-0.25, -0.2) is 4.79 Å². The highest BCUT2D eigenvalue weighted by Crippen LogP contribution is 2.33. The Kier molecular flexibility index (Phi) is 5.38. The van der Waals surface area contributed by atoms with E-state index in [9.17, 15) is 14.4 Å². The number of carbonyl (C=O) groups excluding carboxylic acids is 2. The van der Waals surface area contributed by atoms with E-state index in [0.717, 1.165) is 25.9 Å². The van der Waals surface area contributed by atoms with Gasteiger partial charge in [-0.05, 0) is 18.8 Å². The maximum atomic E-state index is 11.9. The van der Waals surface area contributed by atoms with Gasteiger partial charge < -0.3 is 26.0 Å². The molecule has 0 aromatic heterocycles. The Bertz CT molecular complexity index is 405. The molecular formula is C13H22N4O4. The summed E-state index contributed by atoms with van der Waals surface area (Å²) < 4.78 is 0. The van der Waals surface area contributed by atoms with Crippen molar-refractivity contribution in [3.8, 4) is 0 Å². The van der Waals surface area contributed by atoms with E-state index in [1.165, 1.54) is 0 Å². The van der Waals surface area contributed by atoms with Gasteiger partial charge in [0.25, 0.3) is 0 Å². The first-order chi connectivity index (χ1) is 10.1. The van der Waals surface area contributed by atoms with Gasteiger partial charge in [0.05, 0.1) is 13.0 Å². The van der Waals surface area contributed by atoms with Gasteiger partial charge in [0, 0.05) is 32.2 Å². The van der Waals surface area contributed by atoms with Crippen LogP contribution in [0.25, 0.3) is 0 Å². The number of nitrogens with one attached hydrogen (secondary N) is 3. The van der Waals surface area contributed by atoms with Gasteiger partial charge >= 0.3 is 12.0 Å². The largest absolute Gasteiger partial charge is 0.481 e. The fourth-order valence-electron chi connectivity index (χ4n) is 2.42. The number of hydrogen-bond donors (Lipinski definition) is 4. The number of aliphatic carboxylic acids is 1. The minimum Gasteiger partial charge on any atom is -0.481 e. The van der Waals surface area contributed by atoms with E-state index in [0.29, 0.717) is 13.1 Å². The molecule has 1 saturated heterocycles. The van der Waals surface area contributed by atoms with Crippen LogP contribution < -0.4 is 16.0 Å². The van der Waals surface area contributed by atoms with Gasteiger partial charge in [-0.2, -0.15) is 0 Å². The van der Waals surface area contributed by atoms with Crippen molar-refractivity contribution in [2.75, 3.05) is 32.7 Å². The topological polar surface area (TPSA) is 111 Å². The Balaban J connectivity index is 1.70. The zero-order valence-electron chi connectivity index (χ0n) is 11.9. The predicted octanol–water partition coefficient (Wildman–Crippen LogP) is -1.03. The summed E-state index contributed by atoms with van der Waals surface area (Å²) in [5.74, 6) is -0.798. The maximum Gasteiger partial charge on any atom is 0.315 e. The first kappa shape index (κ1) is 15.6. The molecule has 4 N–H and O–H groups in total. The van der Waals surface area contributed by atoms with Crippen molar-refractivity contribution in [3.05, 3.63) is 0 Å². The normalized spacial score (nSPS) is 19.7. The fourth-order valence-corrected chi connectivity index (χ4v) is 2.42. The number of carbonyl (C=O) groups is 3. The Morgan fingerprint density at radius 3 is 2.48 bits per heavy atom. The predicted molar refractivity (Wildman–Crippen MR) is 74.7 cm³/mol. The van der Waals surface area contributed by atoms with Crippen LogP contribution in [0, 0.1) is 5.92 Å². The quantitative estimate of drug-likeness (QED) is 0.501. The number of urea groups is 1. The highest BCUT2D eigenvalue weighted by atomic mass is 16.4. The highest BCUT2D eigenvalue weighted by Gasteiger charge is 2.33. The van der Waals surface area contributed by atoms with Crippen molar-refractivity contribution in [1.29, 1.82) is 0 Å². The minimum absolute atomic E-state index is 0.0592. The van der Waals surface area contributed by atoms with Gasteiger partial charge in [0.15, 0.2) is 0 Å². The molecule has 0 aromatic carbocycles. The van der Waals surface area contributed by atoms with E-state index >= 15 is 0 Å². The molecule has 1 saturated carbocycles. The van der Waals surface area contributed by atoms with E-state index in [1.807, 2.05) is 0 Å². The molecule has 2 aliphatic rings. The van der Waals surface area contributed by atoms with Crippen molar-refractivity contribution in [2.45, 2.75) is 25.3 Å². The van der Waals surface area contributed by atoms with Crippen LogP contribution in [-0.4, -0.2) is 66.7 Å². The minimum atomic E-state index is -0.927. The zero-order chi connectivity index (χ0) is 15.2. The van der Waals surface area contributed by atoms with E-state index < -0.39 is 12.0 Å². The molecule has 1 aliphatic heterocycles. The summed E-state index contributed by atoms with van der Waals surface area (Å²) in [6, 6.07) is -0.826. The summed E-state index contributed by atoms with van der Waals surface area (Å²) in [5.41, 5.74) is 0. The lowest BCUT2D eigenvalue weighted by molar-refractivity contribution is -0.137. The lowest BCUT2D eigenvalue weighted by Crippen LogP contribution is -2.51. The number of amides is 3. The molecule has 1 unspecified atom stereocenters. The Hall–Kier alpha value is -1.83. The average molecular weight is 298 g/mol. The van der Waals surface area contributed by atoms with Crippen LogP contribution >= 0.6 is 0 Å². The van der Waals surface area contributed by atoms with E-state index in [1.54, 1.807) is 4.90 Å². The van der Waals surface area contributed by atoms with Crippen molar-refractivity contribution in [2.24, 2.45) is 5.92 Å². The van der Waals surface area contributed by atoms with Crippen LogP contribution in [0.15, 0.2) is 0 Å². The molecule has 0 bridgehead atoms. The number of nitrogens with zero attached hydrogens (tertiary/aromatic N) is 1. The van der Waals surface area contributed by atoms with Crippen LogP contribution in [0.5, 0.6) is 0 Å². The molecule has 2 rings (SSSR count). The average Bonchev–Trinajstić information content (AvgIpc) is 3.29. The summed E-state index contributed by atoms with van der Waals surface area (Å²) in [5, 5.41) is 17.1. The van der Waals surface area contributed by atoms with Gasteiger partial charge in [-0.15, -0.1) is 0 Å². The molecule has 118 valence electrons. The third-order valence-electron chi connectivity index (χ3n) is 3.77. The first-order valence-electron chi connectivity index (χ1n) is 7.31. The number of hydrogen-bond acceptors (Lipinski definition) is 4. The molecule has 0 aromatic rings. The van der Waals surface area contributed by atoms with Crippen molar-refractivity contribution < 1.29 is 19.5 Å². The molecule has 0 radical (unpaired) electrons. The molecule has 2 fully saturated rings. The molecule has 8 heteroatoms. The van der Waals surface area contributed by atoms with Gasteiger partial charge in [0.1, 0.15) is 0 Å². The van der Waals surface area contributed by atoms with Crippen molar-refractivity contribution in [3.63, 3.8) is 0 Å². The second-order valence-corrected chi connectivity index (χ2v) is 5.50. The molecule has 8 nitrogen and oxygen atoms in total. The van der Waals surface area contributed by atoms with Gasteiger partial charge in [-0.3, -0.25) is 9.59 Å². The van der Waals surface area contributed by atoms with E-state index in [2.05, 4.69) is 16.0 Å². The van der Waals surface area contributed by atoms with Crippen LogP contribution in [0.4, 0.5) is 4.79 Å². The Labute approximate surface area is 123 Å². The lowest BCUT2D eigenvalue weighted by atomic mass is 10.1. The highest BCUT2D eigenvalue weighted by molar-refractivity contribution is 5.84. The molecule has 1 heterocycles. The number of rotatable bonds is 6. The summed E-state index contributed by atoms with van der Waals surface area (Å²) in [6.45, 7) is 2.76. The molecule has 3 amide bonds. The fraction of sp³-hybridized carbons (Fsp3) is 0.769. The third-order valence-corrected chi connectivity index (χ3v) is 3.77. The molecule has 1 atom stereocenters. The summed E-state index contributed by atoms with van der Waals surface area (Å²) >= 11 is 0. The number of piperazine rings is 1. The summed E-state index contributed by atoms with van der Waals surface area (Å²) in [6.07, 6.45) is 1.81. The maximum absolute atomic E-state index is 11.9. The van der Waals surface area contributed by atoms with Crippen molar-refractivity contribution in [1.82, 2.24) is 20.9 Å². The number of carboxylic acid groups (broad SMARTS) is 1. The van der Waals surface area contributed by atoms with Crippen molar-refractivity contribution >= 4 is 17.9 Å². The SMILES string of the molecule is O=C(O)CC(NC(=O)NCC(=O)N1CCNCC1)C1CC1. The van der Waals surface area contributed by atoms with E-state index in [-0.39, 0.29) is 30.8 Å². The molecule has 1 aliphatic carbocycles. The smallest absolute Gasteiger partial charge is 0.315 e. The molecule has 0 spiro atoms. The second-order valence-electron chi connectivity index (χ2n) is 5.50. The zero-order valence-corrected chi connectivity index (χ0v) is 11.9. The van der Waals surface area contributed by atoms with Crippen LogP contribution in [0.2, 0.25) is 0 Å². The van der Waals surface area contributed by atoms with E-state index in [4.69, 9.17) is 5.11 Å². The first-order valence-corrected chi connectivity index (χ1v) is 7.31. The molecular weight excluding hydrogens is 276 g/mol. The Morgan fingerprint density at radius 1 is 1.24 bits per heavy atom.